The Labute approximate surface area is 127 Å². The van der Waals surface area contributed by atoms with Gasteiger partial charge in [0.1, 0.15) is 0 Å². The fraction of sp³-hybridized carbons (Fsp3) is 0.167. The smallest absolute Gasteiger partial charge is 0.0989 e. The zero-order chi connectivity index (χ0) is 16.4. The largest absolute Gasteiger partial charge is 0.748 e. The minimum atomic E-state index is -4.37. The van der Waals surface area contributed by atoms with E-state index in [1.807, 2.05) is 0 Å². The molecule has 0 aliphatic carbocycles. The number of hydrogen-bond donors (Lipinski definition) is 0. The summed E-state index contributed by atoms with van der Waals surface area (Å²) in [6, 6.07) is 5.87. The third-order valence-corrected chi connectivity index (χ3v) is 3.97. The van der Waals surface area contributed by atoms with Crippen molar-refractivity contribution >= 4 is 20.2 Å². The highest BCUT2D eigenvalue weighted by Crippen LogP contribution is 2.16. The second-order valence-corrected chi connectivity index (χ2v) is 7.32. The van der Waals surface area contributed by atoms with Gasteiger partial charge in [0.25, 0.3) is 0 Å². The molecule has 0 saturated carbocycles. The van der Waals surface area contributed by atoms with Crippen LogP contribution in [0.3, 0.4) is 0 Å². The van der Waals surface area contributed by atoms with Gasteiger partial charge in [0, 0.05) is 12.4 Å². The fourth-order valence-electron chi connectivity index (χ4n) is 1.73. The first-order valence-corrected chi connectivity index (χ1v) is 9.05. The van der Waals surface area contributed by atoms with E-state index in [0.29, 0.717) is 11.4 Å². The van der Waals surface area contributed by atoms with Crippen LogP contribution in [0, 0.1) is 0 Å². The van der Waals surface area contributed by atoms with E-state index in [4.69, 9.17) is 0 Å². The van der Waals surface area contributed by atoms with Crippen LogP contribution in [0.4, 0.5) is 0 Å². The van der Waals surface area contributed by atoms with Gasteiger partial charge >= 0.3 is 0 Å². The van der Waals surface area contributed by atoms with Crippen LogP contribution in [0.1, 0.15) is 11.1 Å². The van der Waals surface area contributed by atoms with Crippen LogP contribution in [0.25, 0.3) is 11.4 Å². The van der Waals surface area contributed by atoms with Crippen molar-refractivity contribution in [3.8, 4) is 11.4 Å². The van der Waals surface area contributed by atoms with Crippen molar-refractivity contribution in [1.29, 1.82) is 0 Å². The standard InChI is InChI=1S/C12H12N2O6S2/c15-21(16,17)7-9-1-3-11(13-5-9)12-4-2-10(6-14-12)8-22(18,19)20/h1-6H,7-8H2,(H,15,16,17)(H,18,19,20)/p-2. The molecule has 0 atom stereocenters. The number of aromatic nitrogens is 2. The van der Waals surface area contributed by atoms with Crippen LogP contribution in [0.5, 0.6) is 0 Å². The van der Waals surface area contributed by atoms with Crippen LogP contribution in [-0.4, -0.2) is 35.9 Å². The van der Waals surface area contributed by atoms with Crippen LogP contribution in [0.2, 0.25) is 0 Å². The molecule has 10 heteroatoms. The molecule has 2 heterocycles. The molecular weight excluding hydrogens is 332 g/mol. The maximum Gasteiger partial charge on any atom is 0.0989 e. The lowest BCUT2D eigenvalue weighted by atomic mass is 10.2. The van der Waals surface area contributed by atoms with E-state index >= 15 is 0 Å². The van der Waals surface area contributed by atoms with E-state index < -0.39 is 31.7 Å². The van der Waals surface area contributed by atoms with Crippen molar-refractivity contribution in [3.63, 3.8) is 0 Å². The quantitative estimate of drug-likeness (QED) is 0.703. The second kappa shape index (κ2) is 6.08. The lowest BCUT2D eigenvalue weighted by Crippen LogP contribution is -2.03. The van der Waals surface area contributed by atoms with Gasteiger partial charge < -0.3 is 9.11 Å². The molecule has 0 aliphatic heterocycles. The van der Waals surface area contributed by atoms with E-state index in [-0.39, 0.29) is 11.1 Å². The molecular formula is C12H10N2O6S2-2. The van der Waals surface area contributed by atoms with Crippen LogP contribution >= 0.6 is 0 Å². The van der Waals surface area contributed by atoms with Gasteiger partial charge in [-0.2, -0.15) is 0 Å². The summed E-state index contributed by atoms with van der Waals surface area (Å²) >= 11 is 0. The summed E-state index contributed by atoms with van der Waals surface area (Å²) in [5, 5.41) is 0. The molecule has 0 unspecified atom stereocenters. The van der Waals surface area contributed by atoms with Gasteiger partial charge in [-0.1, -0.05) is 12.1 Å². The number of rotatable bonds is 5. The first kappa shape index (κ1) is 16.5. The number of hydrogen-bond acceptors (Lipinski definition) is 8. The molecule has 0 spiro atoms. The van der Waals surface area contributed by atoms with Crippen molar-refractivity contribution < 1.29 is 25.9 Å². The molecule has 2 aromatic rings. The second-order valence-electron chi connectivity index (χ2n) is 4.51. The third-order valence-electron chi connectivity index (χ3n) is 2.60. The summed E-state index contributed by atoms with van der Waals surface area (Å²) in [5.41, 5.74) is 1.35. The normalized spacial score (nSPS) is 12.3. The Morgan fingerprint density at radius 1 is 0.727 bits per heavy atom. The van der Waals surface area contributed by atoms with Crippen LogP contribution in [0.15, 0.2) is 36.7 Å². The number of nitrogens with zero attached hydrogens (tertiary/aromatic N) is 2. The molecule has 0 N–H and O–H groups in total. The average molecular weight is 342 g/mol. The Morgan fingerprint density at radius 2 is 1.09 bits per heavy atom. The van der Waals surface area contributed by atoms with Crippen LogP contribution in [-0.2, 0) is 31.7 Å². The minimum absolute atomic E-state index is 0.257. The summed E-state index contributed by atoms with van der Waals surface area (Å²) < 4.78 is 63.8. The molecule has 0 radical (unpaired) electrons. The van der Waals surface area contributed by atoms with Gasteiger partial charge in [-0.25, -0.2) is 16.8 Å². The summed E-state index contributed by atoms with van der Waals surface area (Å²) in [6.07, 6.45) is 2.50. The maximum atomic E-state index is 10.6. The molecule has 0 fully saturated rings. The molecule has 118 valence electrons. The van der Waals surface area contributed by atoms with Crippen molar-refractivity contribution in [2.75, 3.05) is 0 Å². The molecule has 8 nitrogen and oxygen atoms in total. The van der Waals surface area contributed by atoms with Crippen molar-refractivity contribution in [1.82, 2.24) is 9.97 Å². The summed E-state index contributed by atoms with van der Waals surface area (Å²) in [4.78, 5) is 7.98. The lowest BCUT2D eigenvalue weighted by Gasteiger charge is -2.08. The van der Waals surface area contributed by atoms with Crippen molar-refractivity contribution in [2.45, 2.75) is 11.5 Å². The van der Waals surface area contributed by atoms with E-state index in [9.17, 15) is 25.9 Å². The van der Waals surface area contributed by atoms with E-state index in [0.717, 1.165) is 0 Å². The Morgan fingerprint density at radius 3 is 1.32 bits per heavy atom. The zero-order valence-electron chi connectivity index (χ0n) is 11.0. The van der Waals surface area contributed by atoms with Gasteiger partial charge in [-0.3, -0.25) is 9.97 Å². The Hall–Kier alpha value is -1.88. The zero-order valence-corrected chi connectivity index (χ0v) is 12.7. The average Bonchev–Trinajstić information content (AvgIpc) is 2.37. The van der Waals surface area contributed by atoms with Gasteiger partial charge in [-0.15, -0.1) is 0 Å². The van der Waals surface area contributed by atoms with Gasteiger partial charge in [0.15, 0.2) is 0 Å². The third kappa shape index (κ3) is 5.15. The monoisotopic (exact) mass is 342 g/mol. The van der Waals surface area contributed by atoms with Gasteiger partial charge in [-0.05, 0) is 23.3 Å². The SMILES string of the molecule is O=S(=O)([O-])Cc1ccc(-c2ccc(CS(=O)(=O)[O-])cn2)nc1. The first-order chi connectivity index (χ1) is 10.1. The van der Waals surface area contributed by atoms with Gasteiger partial charge in [0.2, 0.25) is 0 Å². The highest BCUT2D eigenvalue weighted by molar-refractivity contribution is 7.85. The van der Waals surface area contributed by atoms with E-state index in [1.165, 1.54) is 36.7 Å². The summed E-state index contributed by atoms with van der Waals surface area (Å²) in [5.74, 6) is -1.29. The lowest BCUT2D eigenvalue weighted by molar-refractivity contribution is 0.459. The molecule has 22 heavy (non-hydrogen) atoms. The molecule has 0 bridgehead atoms. The van der Waals surface area contributed by atoms with Crippen LogP contribution < -0.4 is 0 Å². The van der Waals surface area contributed by atoms with E-state index in [1.54, 1.807) is 0 Å². The summed E-state index contributed by atoms with van der Waals surface area (Å²) in [7, 11) is -8.74. The molecule has 0 amide bonds. The maximum absolute atomic E-state index is 10.6. The molecule has 2 aromatic heterocycles. The molecule has 2 rings (SSSR count). The highest BCUT2D eigenvalue weighted by atomic mass is 32.2. The highest BCUT2D eigenvalue weighted by Gasteiger charge is 2.05. The molecule has 0 aromatic carbocycles. The van der Waals surface area contributed by atoms with Crippen molar-refractivity contribution in [2.24, 2.45) is 0 Å². The minimum Gasteiger partial charge on any atom is -0.748 e. The summed E-state index contributed by atoms with van der Waals surface area (Å²) in [6.45, 7) is 0. The first-order valence-electron chi connectivity index (χ1n) is 5.90. The Kier molecular flexibility index (Phi) is 4.56. The Balaban J connectivity index is 2.18. The Bertz CT molecular complexity index is 783. The number of pyridine rings is 2. The predicted molar refractivity (Wildman–Crippen MR) is 74.3 cm³/mol. The van der Waals surface area contributed by atoms with E-state index in [2.05, 4.69) is 9.97 Å². The molecule has 0 saturated heterocycles. The predicted octanol–water partition coefficient (Wildman–Crippen LogP) is 0.234. The van der Waals surface area contributed by atoms with Gasteiger partial charge in [0.05, 0.1) is 43.1 Å². The van der Waals surface area contributed by atoms with Crippen molar-refractivity contribution in [3.05, 3.63) is 47.8 Å². The molecule has 0 aliphatic rings. The topological polar surface area (TPSA) is 140 Å². The fourth-order valence-corrected chi connectivity index (χ4v) is 2.89.